The van der Waals surface area contributed by atoms with Gasteiger partial charge < -0.3 is 0 Å². The summed E-state index contributed by atoms with van der Waals surface area (Å²) in [5.41, 5.74) is 9.25. The van der Waals surface area contributed by atoms with Gasteiger partial charge in [-0.15, -0.1) is 0 Å². The van der Waals surface area contributed by atoms with Crippen LogP contribution in [0.15, 0.2) is 189 Å². The minimum absolute atomic E-state index is 0.325. The molecule has 0 atom stereocenters. The Morgan fingerprint density at radius 3 is 1.15 bits per heavy atom. The van der Waals surface area contributed by atoms with Crippen LogP contribution in [0, 0.1) is 0 Å². The van der Waals surface area contributed by atoms with Crippen molar-refractivity contribution in [1.82, 2.24) is 9.35 Å². The van der Waals surface area contributed by atoms with E-state index in [0.717, 1.165) is 88.1 Å². The third-order valence-electron chi connectivity index (χ3n) is 13.8. The lowest BCUT2D eigenvalue weighted by atomic mass is 9.77. The van der Waals surface area contributed by atoms with Crippen molar-refractivity contribution in [1.29, 1.82) is 0 Å². The molecule has 6 nitrogen and oxygen atoms in total. The number of para-hydroxylation sites is 4. The number of hydrogen-bond acceptors (Lipinski definition) is 4. The summed E-state index contributed by atoms with van der Waals surface area (Å²) in [7, 11) is -7.64. The van der Waals surface area contributed by atoms with Crippen LogP contribution in [0.4, 0.5) is 0 Å². The van der Waals surface area contributed by atoms with E-state index in [1.807, 2.05) is 84.9 Å². The first-order chi connectivity index (χ1) is 29.8. The van der Waals surface area contributed by atoms with Gasteiger partial charge in [0, 0.05) is 43.5 Å². The summed E-state index contributed by atoms with van der Waals surface area (Å²) in [6.45, 7) is 8.37. The molecule has 0 radical (unpaired) electrons. The smallest absolute Gasteiger partial charge is 0.207 e. The van der Waals surface area contributed by atoms with E-state index < -0.39 is 30.5 Å². The third kappa shape index (κ3) is 4.74. The van der Waals surface area contributed by atoms with Gasteiger partial charge in [0.2, 0.25) is 19.7 Å². The van der Waals surface area contributed by atoms with Gasteiger partial charge in [-0.1, -0.05) is 161 Å². The van der Waals surface area contributed by atoms with Gasteiger partial charge in [0.1, 0.15) is 0 Å². The topological polar surface area (TPSA) is 78.1 Å². The van der Waals surface area contributed by atoms with Crippen molar-refractivity contribution >= 4 is 63.3 Å². The van der Waals surface area contributed by atoms with Gasteiger partial charge >= 0.3 is 0 Å². The highest BCUT2D eigenvalue weighted by molar-refractivity contribution is 7.92. The van der Waals surface area contributed by atoms with Crippen LogP contribution in [-0.4, -0.2) is 26.2 Å². The zero-order chi connectivity index (χ0) is 42.5. The molecule has 0 fully saturated rings. The summed E-state index contributed by atoms with van der Waals surface area (Å²) >= 11 is 0. The molecule has 0 unspecified atom stereocenters. The number of rotatable bonds is 3. The lowest BCUT2D eigenvalue weighted by Gasteiger charge is -2.34. The Kier molecular flexibility index (Phi) is 7.43. The van der Waals surface area contributed by atoms with Gasteiger partial charge in [-0.3, -0.25) is 0 Å². The molecule has 8 heteroatoms. The number of benzene rings is 8. The molecular formula is C54H40N2O4S2. The van der Waals surface area contributed by atoms with E-state index in [4.69, 9.17) is 0 Å². The maximum Gasteiger partial charge on any atom is 0.207 e. The van der Waals surface area contributed by atoms with Crippen molar-refractivity contribution in [3.8, 4) is 22.3 Å². The Morgan fingerprint density at radius 1 is 0.355 bits per heavy atom. The van der Waals surface area contributed by atoms with E-state index >= 15 is 0 Å². The highest BCUT2D eigenvalue weighted by atomic mass is 32.2. The molecule has 2 aliphatic rings. The first kappa shape index (κ1) is 37.1. The molecule has 0 aliphatic carbocycles. The average molecular weight is 845 g/mol. The lowest BCUT2D eigenvalue weighted by molar-refractivity contribution is 0.555. The van der Waals surface area contributed by atoms with E-state index in [2.05, 4.69) is 97.7 Å². The van der Waals surface area contributed by atoms with Gasteiger partial charge in [0.05, 0.1) is 41.6 Å². The van der Waals surface area contributed by atoms with E-state index in [1.165, 1.54) is 0 Å². The van der Waals surface area contributed by atoms with Crippen LogP contribution in [0.3, 0.4) is 0 Å². The molecule has 0 saturated heterocycles. The van der Waals surface area contributed by atoms with Crippen LogP contribution < -0.4 is 0 Å². The lowest BCUT2D eigenvalue weighted by Crippen LogP contribution is -2.29. The molecule has 0 amide bonds. The standard InChI is InChI=1S/C54H40N2O4S2/c1-53(2)41-21-7-11-25-47(41)61(57,58)49-31-33(27-29-43(49)53)35-17-13-19-39-37-15-5-9-23-45(37)55(51(35)39)56-46-24-10-6-16-38(46)40-20-14-18-36(52(40)56)34-28-30-44-50(32-34)62(59,60)48-26-12-8-22-42(48)54(44,3)4/h5-32H,1-4H3. The fourth-order valence-electron chi connectivity index (χ4n) is 10.7. The van der Waals surface area contributed by atoms with Crippen LogP contribution in [0.5, 0.6) is 0 Å². The molecule has 0 N–H and O–H groups in total. The van der Waals surface area contributed by atoms with Crippen LogP contribution in [0.2, 0.25) is 0 Å². The van der Waals surface area contributed by atoms with E-state index in [-0.39, 0.29) is 0 Å². The fourth-order valence-corrected chi connectivity index (χ4v) is 14.7. The number of fused-ring (bicyclic) bond motifs is 10. The van der Waals surface area contributed by atoms with Gasteiger partial charge in [0.15, 0.2) is 0 Å². The molecule has 0 saturated carbocycles. The minimum Gasteiger partial charge on any atom is -0.247 e. The fraction of sp³-hybridized carbons (Fsp3) is 0.111. The first-order valence-electron chi connectivity index (χ1n) is 20.9. The summed E-state index contributed by atoms with van der Waals surface area (Å²) in [5.74, 6) is 0. The molecule has 10 aromatic rings. The summed E-state index contributed by atoms with van der Waals surface area (Å²) in [4.78, 5) is 1.35. The maximum atomic E-state index is 14.5. The SMILES string of the molecule is CC1(C)c2ccccc2S(=O)(=O)c2cc(-c3cccc4c5ccccc5n(-n5c6ccccc6c6cccc(-c7ccc8c(c7)S(=O)(=O)c7ccccc7C8(C)C)c65)c34)ccc21. The van der Waals surface area contributed by atoms with Crippen LogP contribution >= 0.6 is 0 Å². The summed E-state index contributed by atoms with van der Waals surface area (Å²) < 4.78 is 62.4. The monoisotopic (exact) mass is 844 g/mol. The zero-order valence-electron chi connectivity index (χ0n) is 34.5. The molecule has 2 aromatic heterocycles. The summed E-state index contributed by atoms with van der Waals surface area (Å²) in [5, 5.41) is 4.14. The summed E-state index contributed by atoms with van der Waals surface area (Å²) in [6, 6.07) is 55.8. The van der Waals surface area contributed by atoms with Crippen LogP contribution in [0.25, 0.3) is 65.9 Å². The number of hydrogen-bond donors (Lipinski definition) is 0. The molecule has 0 spiro atoms. The van der Waals surface area contributed by atoms with Crippen molar-refractivity contribution < 1.29 is 16.8 Å². The highest BCUT2D eigenvalue weighted by Crippen LogP contribution is 2.50. The Hall–Kier alpha value is -6.74. The number of sulfone groups is 2. The molecule has 0 bridgehead atoms. The van der Waals surface area contributed by atoms with E-state index in [9.17, 15) is 16.8 Å². The van der Waals surface area contributed by atoms with E-state index in [1.54, 1.807) is 24.3 Å². The largest absolute Gasteiger partial charge is 0.247 e. The molecule has 302 valence electrons. The molecule has 62 heavy (non-hydrogen) atoms. The van der Waals surface area contributed by atoms with Gasteiger partial charge in [-0.2, -0.15) is 0 Å². The predicted octanol–water partition coefficient (Wildman–Crippen LogP) is 12.5. The molecular weight excluding hydrogens is 805 g/mol. The second-order valence-electron chi connectivity index (χ2n) is 17.7. The molecule has 4 heterocycles. The van der Waals surface area contributed by atoms with Gasteiger partial charge in [-0.25, -0.2) is 26.2 Å². The Labute approximate surface area is 360 Å². The molecule has 2 aliphatic heterocycles. The second kappa shape index (κ2) is 12.4. The Morgan fingerprint density at radius 2 is 0.710 bits per heavy atom. The second-order valence-corrected chi connectivity index (χ2v) is 21.5. The van der Waals surface area contributed by atoms with Gasteiger partial charge in [-0.05, 0) is 69.8 Å². The van der Waals surface area contributed by atoms with E-state index in [0.29, 0.717) is 19.6 Å². The predicted molar refractivity (Wildman–Crippen MR) is 249 cm³/mol. The molecule has 8 aromatic carbocycles. The average Bonchev–Trinajstić information content (AvgIpc) is 3.80. The van der Waals surface area contributed by atoms with Crippen molar-refractivity contribution in [3.63, 3.8) is 0 Å². The quantitative estimate of drug-likeness (QED) is 0.177. The van der Waals surface area contributed by atoms with Crippen molar-refractivity contribution in [3.05, 3.63) is 192 Å². The number of aromatic nitrogens is 2. The summed E-state index contributed by atoms with van der Waals surface area (Å²) in [6.07, 6.45) is 0. The van der Waals surface area contributed by atoms with Crippen LogP contribution in [0.1, 0.15) is 49.9 Å². The first-order valence-corrected chi connectivity index (χ1v) is 23.8. The van der Waals surface area contributed by atoms with Crippen molar-refractivity contribution in [2.24, 2.45) is 0 Å². The van der Waals surface area contributed by atoms with Crippen molar-refractivity contribution in [2.75, 3.05) is 0 Å². The van der Waals surface area contributed by atoms with Crippen LogP contribution in [-0.2, 0) is 30.5 Å². The Balaban J connectivity index is 1.16. The minimum atomic E-state index is -3.82. The molecule has 12 rings (SSSR count). The Bertz CT molecular complexity index is 3600. The third-order valence-corrected chi connectivity index (χ3v) is 17.5. The number of nitrogens with zero attached hydrogens (tertiary/aromatic N) is 2. The van der Waals surface area contributed by atoms with Gasteiger partial charge in [0.25, 0.3) is 0 Å². The normalized spacial score (nSPS) is 16.5. The maximum absolute atomic E-state index is 14.5. The van der Waals surface area contributed by atoms with Crippen molar-refractivity contribution in [2.45, 2.75) is 58.1 Å². The highest BCUT2D eigenvalue weighted by Gasteiger charge is 2.42. The zero-order valence-corrected chi connectivity index (χ0v) is 36.1.